The van der Waals surface area contributed by atoms with Gasteiger partial charge in [-0.25, -0.2) is 4.68 Å². The SMILES string of the molecule is O=C(NCc1cccc(C(F)(F)F)c1)c1cccc2c1cnn2-c1cccs1. The molecule has 0 fully saturated rings. The van der Waals surface area contributed by atoms with Crippen LogP contribution in [0.2, 0.25) is 0 Å². The Bertz CT molecular complexity index is 1130. The van der Waals surface area contributed by atoms with Gasteiger partial charge in [0.1, 0.15) is 5.00 Å². The molecule has 0 aliphatic heterocycles. The van der Waals surface area contributed by atoms with Crippen molar-refractivity contribution in [1.82, 2.24) is 15.1 Å². The van der Waals surface area contributed by atoms with Crippen LogP contribution in [-0.4, -0.2) is 15.7 Å². The highest BCUT2D eigenvalue weighted by Gasteiger charge is 2.30. The summed E-state index contributed by atoms with van der Waals surface area (Å²) in [5.41, 5.74) is 0.852. The first-order valence-electron chi connectivity index (χ1n) is 8.38. The molecule has 0 spiro atoms. The van der Waals surface area contributed by atoms with Gasteiger partial charge in [0.25, 0.3) is 5.91 Å². The van der Waals surface area contributed by atoms with Gasteiger partial charge in [0.05, 0.1) is 22.8 Å². The first kappa shape index (κ1) is 18.2. The summed E-state index contributed by atoms with van der Waals surface area (Å²) in [5, 5.41) is 10.6. The Morgan fingerprint density at radius 3 is 2.68 bits per heavy atom. The molecule has 0 bridgehead atoms. The third-order valence-corrected chi connectivity index (χ3v) is 5.12. The second kappa shape index (κ2) is 7.12. The highest BCUT2D eigenvalue weighted by Crippen LogP contribution is 2.29. The number of amides is 1. The standard InChI is InChI=1S/C20H14F3N3OS/c21-20(22,23)14-5-1-4-13(10-14)11-24-19(27)15-6-2-7-17-16(15)12-25-26(17)18-8-3-9-28-18/h1-10,12H,11H2,(H,24,27). The van der Waals surface area contributed by atoms with E-state index in [-0.39, 0.29) is 12.5 Å². The van der Waals surface area contributed by atoms with Gasteiger partial charge < -0.3 is 5.32 Å². The van der Waals surface area contributed by atoms with E-state index in [1.54, 1.807) is 29.1 Å². The summed E-state index contributed by atoms with van der Waals surface area (Å²) >= 11 is 1.53. The largest absolute Gasteiger partial charge is 0.416 e. The van der Waals surface area contributed by atoms with Crippen molar-refractivity contribution in [2.24, 2.45) is 0 Å². The molecule has 1 N–H and O–H groups in total. The van der Waals surface area contributed by atoms with Gasteiger partial charge >= 0.3 is 6.18 Å². The average Bonchev–Trinajstić information content (AvgIpc) is 3.34. The summed E-state index contributed by atoms with van der Waals surface area (Å²) in [6, 6.07) is 14.1. The Hall–Kier alpha value is -3.13. The lowest BCUT2D eigenvalue weighted by atomic mass is 10.1. The van der Waals surface area contributed by atoms with E-state index in [1.807, 2.05) is 23.6 Å². The van der Waals surface area contributed by atoms with Gasteiger partial charge in [-0.2, -0.15) is 18.3 Å². The average molecular weight is 401 g/mol. The zero-order valence-electron chi connectivity index (χ0n) is 14.4. The number of halogens is 3. The van der Waals surface area contributed by atoms with Crippen LogP contribution in [-0.2, 0) is 12.7 Å². The number of nitrogens with one attached hydrogen (secondary N) is 1. The molecule has 1 amide bonds. The van der Waals surface area contributed by atoms with Gasteiger partial charge in [-0.1, -0.05) is 18.2 Å². The second-order valence-electron chi connectivity index (χ2n) is 6.13. The van der Waals surface area contributed by atoms with Crippen molar-refractivity contribution in [2.75, 3.05) is 0 Å². The summed E-state index contributed by atoms with van der Waals surface area (Å²) in [5.74, 6) is -0.367. The number of thiophene rings is 1. The lowest BCUT2D eigenvalue weighted by Gasteiger charge is -2.10. The van der Waals surface area contributed by atoms with E-state index < -0.39 is 11.7 Å². The van der Waals surface area contributed by atoms with E-state index in [9.17, 15) is 18.0 Å². The lowest BCUT2D eigenvalue weighted by Crippen LogP contribution is -2.23. The van der Waals surface area contributed by atoms with E-state index in [2.05, 4.69) is 10.4 Å². The third-order valence-electron chi connectivity index (χ3n) is 4.28. The number of hydrogen-bond donors (Lipinski definition) is 1. The van der Waals surface area contributed by atoms with Crippen LogP contribution >= 0.6 is 11.3 Å². The van der Waals surface area contributed by atoms with Crippen LogP contribution in [0.25, 0.3) is 15.9 Å². The summed E-state index contributed by atoms with van der Waals surface area (Å²) in [7, 11) is 0. The summed E-state index contributed by atoms with van der Waals surface area (Å²) in [6.45, 7) is -0.00178. The number of benzene rings is 2. The topological polar surface area (TPSA) is 46.9 Å². The Morgan fingerprint density at radius 2 is 1.93 bits per heavy atom. The van der Waals surface area contributed by atoms with Gasteiger partial charge in [-0.3, -0.25) is 4.79 Å². The third kappa shape index (κ3) is 3.50. The maximum atomic E-state index is 12.8. The van der Waals surface area contributed by atoms with Gasteiger partial charge in [-0.15, -0.1) is 11.3 Å². The number of fused-ring (bicyclic) bond motifs is 1. The molecule has 0 saturated heterocycles. The molecule has 2 aromatic heterocycles. The molecule has 2 heterocycles. The quantitative estimate of drug-likeness (QED) is 0.521. The predicted molar refractivity (Wildman–Crippen MR) is 102 cm³/mol. The van der Waals surface area contributed by atoms with Gasteiger partial charge in [0.2, 0.25) is 0 Å². The van der Waals surface area contributed by atoms with Crippen LogP contribution in [0.5, 0.6) is 0 Å². The van der Waals surface area contributed by atoms with Crippen LogP contribution in [0.3, 0.4) is 0 Å². The zero-order chi connectivity index (χ0) is 19.7. The summed E-state index contributed by atoms with van der Waals surface area (Å²) < 4.78 is 40.2. The van der Waals surface area contributed by atoms with Gasteiger partial charge in [-0.05, 0) is 47.3 Å². The number of nitrogens with zero attached hydrogens (tertiary/aromatic N) is 2. The van der Waals surface area contributed by atoms with Crippen molar-refractivity contribution in [3.05, 3.63) is 82.9 Å². The van der Waals surface area contributed by atoms with E-state index in [0.29, 0.717) is 16.5 Å². The van der Waals surface area contributed by atoms with Crippen LogP contribution in [0.1, 0.15) is 21.5 Å². The van der Waals surface area contributed by atoms with Crippen LogP contribution < -0.4 is 5.32 Å². The first-order chi connectivity index (χ1) is 13.4. The number of carbonyl (C=O) groups is 1. The number of alkyl halides is 3. The molecule has 4 rings (SSSR count). The van der Waals surface area contributed by atoms with E-state index in [0.717, 1.165) is 22.7 Å². The smallest absolute Gasteiger partial charge is 0.348 e. The molecule has 2 aromatic carbocycles. The minimum atomic E-state index is -4.41. The first-order valence-corrected chi connectivity index (χ1v) is 9.26. The number of carbonyl (C=O) groups excluding carboxylic acids is 1. The maximum absolute atomic E-state index is 12.8. The lowest BCUT2D eigenvalue weighted by molar-refractivity contribution is -0.137. The molecule has 4 nitrogen and oxygen atoms in total. The van der Waals surface area contributed by atoms with Crippen LogP contribution in [0, 0.1) is 0 Å². The maximum Gasteiger partial charge on any atom is 0.416 e. The predicted octanol–water partition coefficient (Wildman–Crippen LogP) is 5.04. The van der Waals surface area contributed by atoms with Gasteiger partial charge in [0, 0.05) is 11.9 Å². The Labute approximate surface area is 162 Å². The van der Waals surface area contributed by atoms with E-state index in [1.165, 1.54) is 17.4 Å². The second-order valence-corrected chi connectivity index (χ2v) is 7.05. The van der Waals surface area contributed by atoms with Crippen molar-refractivity contribution in [1.29, 1.82) is 0 Å². The monoisotopic (exact) mass is 401 g/mol. The number of hydrogen-bond acceptors (Lipinski definition) is 3. The summed E-state index contributed by atoms with van der Waals surface area (Å²) in [6.07, 6.45) is -2.80. The minimum Gasteiger partial charge on any atom is -0.348 e. The van der Waals surface area contributed by atoms with E-state index in [4.69, 9.17) is 0 Å². The number of aromatic nitrogens is 2. The molecule has 142 valence electrons. The van der Waals surface area contributed by atoms with Crippen LogP contribution in [0.15, 0.2) is 66.2 Å². The highest BCUT2D eigenvalue weighted by atomic mass is 32.1. The molecular formula is C20H14F3N3OS. The van der Waals surface area contributed by atoms with Crippen molar-refractivity contribution in [2.45, 2.75) is 12.7 Å². The molecule has 0 aliphatic rings. The van der Waals surface area contributed by atoms with E-state index >= 15 is 0 Å². The Morgan fingerprint density at radius 1 is 1.11 bits per heavy atom. The molecule has 4 aromatic rings. The Balaban J connectivity index is 1.57. The highest BCUT2D eigenvalue weighted by molar-refractivity contribution is 7.12. The minimum absolute atomic E-state index is 0.00178. The molecule has 0 aliphatic carbocycles. The Kier molecular flexibility index (Phi) is 4.64. The van der Waals surface area contributed by atoms with Crippen molar-refractivity contribution in [3.63, 3.8) is 0 Å². The van der Waals surface area contributed by atoms with Crippen molar-refractivity contribution >= 4 is 28.1 Å². The fourth-order valence-corrected chi connectivity index (χ4v) is 3.65. The zero-order valence-corrected chi connectivity index (χ0v) is 15.2. The molecule has 0 saturated carbocycles. The molecule has 8 heteroatoms. The van der Waals surface area contributed by atoms with Crippen molar-refractivity contribution < 1.29 is 18.0 Å². The molecular weight excluding hydrogens is 387 g/mol. The number of rotatable bonds is 4. The fourth-order valence-electron chi connectivity index (χ4n) is 2.95. The van der Waals surface area contributed by atoms with Gasteiger partial charge in [0.15, 0.2) is 0 Å². The molecule has 28 heavy (non-hydrogen) atoms. The molecule has 0 radical (unpaired) electrons. The van der Waals surface area contributed by atoms with Crippen LogP contribution in [0.4, 0.5) is 13.2 Å². The molecule has 0 atom stereocenters. The molecule has 0 unspecified atom stereocenters. The summed E-state index contributed by atoms with van der Waals surface area (Å²) in [4.78, 5) is 12.6. The normalized spacial score (nSPS) is 11.7. The fraction of sp³-hybridized carbons (Fsp3) is 0.100. The van der Waals surface area contributed by atoms with Crippen molar-refractivity contribution in [3.8, 4) is 5.00 Å².